The number of carboxylic acid groups (broad SMARTS) is 1. The first-order valence-electron chi connectivity index (χ1n) is 8.45. The third kappa shape index (κ3) is 5.19. The third-order valence-electron chi connectivity index (χ3n) is 4.77. The van der Waals surface area contributed by atoms with E-state index in [2.05, 4.69) is 13.0 Å². The lowest BCUT2D eigenvalue weighted by atomic mass is 9.87. The first kappa shape index (κ1) is 19.7. The van der Waals surface area contributed by atoms with Crippen LogP contribution in [-0.2, 0) is 19.1 Å². The van der Waals surface area contributed by atoms with E-state index in [1.165, 1.54) is 18.7 Å². The predicted molar refractivity (Wildman–Crippen MR) is 96.1 cm³/mol. The Balaban J connectivity index is 2.01. The molecule has 25 heavy (non-hydrogen) atoms. The summed E-state index contributed by atoms with van der Waals surface area (Å²) in [4.78, 5) is 34.1. The van der Waals surface area contributed by atoms with Gasteiger partial charge in [-0.15, -0.1) is 0 Å². The van der Waals surface area contributed by atoms with E-state index in [0.29, 0.717) is 12.2 Å². The number of nitrogens with two attached hydrogens (primary N) is 1. The molecule has 3 N–H and O–H groups in total. The smallest absolute Gasteiger partial charge is 0.321 e. The Bertz CT molecular complexity index is 600. The van der Waals surface area contributed by atoms with E-state index >= 15 is 0 Å². The topological polar surface area (TPSA) is 107 Å². The van der Waals surface area contributed by atoms with Crippen LogP contribution in [0, 0.1) is 17.8 Å². The zero-order chi connectivity index (χ0) is 18.6. The fraction of sp³-hybridized carbons (Fsp3) is 0.611. The molecular formula is C18H25NO5S. The average molecular weight is 367 g/mol. The number of esters is 1. The zero-order valence-electron chi connectivity index (χ0n) is 14.5. The number of hydrogen-bond donors (Lipinski definition) is 2. The molecule has 1 fully saturated rings. The lowest BCUT2D eigenvalue weighted by Crippen LogP contribution is -2.33. The van der Waals surface area contributed by atoms with Gasteiger partial charge in [0.05, 0.1) is 5.92 Å². The van der Waals surface area contributed by atoms with Crippen molar-refractivity contribution in [3.05, 3.63) is 23.8 Å². The second kappa shape index (κ2) is 8.67. The first-order valence-corrected chi connectivity index (χ1v) is 9.60. The zero-order valence-corrected chi connectivity index (χ0v) is 15.3. The van der Waals surface area contributed by atoms with Gasteiger partial charge in [0.2, 0.25) is 0 Å². The monoisotopic (exact) mass is 367 g/mol. The molecule has 2 unspecified atom stereocenters. The number of allylic oxidation sites excluding steroid dienone is 4. The van der Waals surface area contributed by atoms with Crippen molar-refractivity contribution in [2.45, 2.75) is 38.8 Å². The second-order valence-corrected chi connectivity index (χ2v) is 7.82. The highest BCUT2D eigenvalue weighted by Crippen LogP contribution is 2.40. The van der Waals surface area contributed by atoms with Crippen molar-refractivity contribution in [2.75, 3.05) is 11.5 Å². The number of carbonyl (C=O) groups excluding carboxylic acids is 2. The number of fused-ring (bicyclic) bond motifs is 1. The highest BCUT2D eigenvalue weighted by atomic mass is 32.2. The quantitative estimate of drug-likeness (QED) is 0.522. The van der Waals surface area contributed by atoms with E-state index in [1.807, 2.05) is 6.08 Å². The Hall–Kier alpha value is -1.60. The third-order valence-corrected chi connectivity index (χ3v) is 5.96. The largest absolute Gasteiger partial charge is 0.480 e. The average Bonchev–Trinajstić information content (AvgIpc) is 2.72. The number of aliphatic carboxylic acids is 1. The van der Waals surface area contributed by atoms with Crippen LogP contribution in [-0.4, -0.2) is 46.5 Å². The Kier molecular flexibility index (Phi) is 6.84. The van der Waals surface area contributed by atoms with Crippen molar-refractivity contribution in [3.8, 4) is 0 Å². The highest BCUT2D eigenvalue weighted by Gasteiger charge is 2.45. The van der Waals surface area contributed by atoms with Crippen LogP contribution in [0.25, 0.3) is 0 Å². The van der Waals surface area contributed by atoms with Gasteiger partial charge in [0, 0.05) is 17.4 Å². The number of ketones is 1. The van der Waals surface area contributed by atoms with Gasteiger partial charge in [-0.1, -0.05) is 19.1 Å². The molecule has 138 valence electrons. The van der Waals surface area contributed by atoms with E-state index in [1.54, 1.807) is 6.08 Å². The van der Waals surface area contributed by atoms with Crippen LogP contribution < -0.4 is 5.73 Å². The van der Waals surface area contributed by atoms with Crippen LogP contribution in [0.15, 0.2) is 23.8 Å². The number of rotatable bonds is 7. The molecule has 1 aliphatic carbocycles. The van der Waals surface area contributed by atoms with E-state index in [9.17, 15) is 14.4 Å². The summed E-state index contributed by atoms with van der Waals surface area (Å²) < 4.78 is 5.58. The van der Waals surface area contributed by atoms with Gasteiger partial charge in [0.1, 0.15) is 12.1 Å². The van der Waals surface area contributed by atoms with Gasteiger partial charge < -0.3 is 15.6 Å². The van der Waals surface area contributed by atoms with Gasteiger partial charge >= 0.3 is 11.9 Å². The summed E-state index contributed by atoms with van der Waals surface area (Å²) in [5, 5.41) is 8.83. The molecule has 0 amide bonds. The van der Waals surface area contributed by atoms with Crippen molar-refractivity contribution in [1.29, 1.82) is 0 Å². The minimum absolute atomic E-state index is 0.00742. The molecule has 2 rings (SSSR count). The van der Waals surface area contributed by atoms with Crippen LogP contribution >= 0.6 is 11.8 Å². The van der Waals surface area contributed by atoms with Crippen LogP contribution in [0.5, 0.6) is 0 Å². The molecule has 0 aromatic rings. The minimum Gasteiger partial charge on any atom is -0.480 e. The summed E-state index contributed by atoms with van der Waals surface area (Å²) in [5.41, 5.74) is 6.60. The van der Waals surface area contributed by atoms with Crippen molar-refractivity contribution < 1.29 is 24.2 Å². The molecule has 0 bridgehead atoms. The predicted octanol–water partition coefficient (Wildman–Crippen LogP) is 1.79. The van der Waals surface area contributed by atoms with Gasteiger partial charge in [0.25, 0.3) is 0 Å². The molecule has 2 aliphatic rings. The van der Waals surface area contributed by atoms with Crippen molar-refractivity contribution in [1.82, 2.24) is 0 Å². The maximum absolute atomic E-state index is 12.2. The van der Waals surface area contributed by atoms with E-state index in [-0.39, 0.29) is 41.4 Å². The Morgan fingerprint density at radius 1 is 1.52 bits per heavy atom. The molecule has 7 heteroatoms. The Labute approximate surface area is 151 Å². The second-order valence-electron chi connectivity index (χ2n) is 6.75. The standard InChI is InChI=1S/C18H25NO5S/c1-10-7-16-13(6-5-12(10)4-3-11(2)20)14(18(23)24-16)8-25-9-15(19)17(21)22/h3-5,10,13-16H,6-9,19H2,1-2H3,(H,21,22)/b4-3+/t10?,13-,14?,15+,16-/m1/s1. The fourth-order valence-corrected chi connectivity index (χ4v) is 4.46. The Morgan fingerprint density at radius 2 is 2.24 bits per heavy atom. The van der Waals surface area contributed by atoms with Gasteiger partial charge in [-0.3, -0.25) is 14.4 Å². The summed E-state index contributed by atoms with van der Waals surface area (Å²) in [5.74, 6) is -0.375. The summed E-state index contributed by atoms with van der Waals surface area (Å²) in [7, 11) is 0. The lowest BCUT2D eigenvalue weighted by molar-refractivity contribution is -0.144. The number of carboxylic acids is 1. The maximum atomic E-state index is 12.2. The van der Waals surface area contributed by atoms with Crippen molar-refractivity contribution >= 4 is 29.5 Å². The van der Waals surface area contributed by atoms with Crippen molar-refractivity contribution in [2.24, 2.45) is 23.5 Å². The normalized spacial score (nSPS) is 30.4. The van der Waals surface area contributed by atoms with Crippen LogP contribution in [0.2, 0.25) is 0 Å². The van der Waals surface area contributed by atoms with Crippen LogP contribution in [0.1, 0.15) is 26.7 Å². The molecule has 0 spiro atoms. The van der Waals surface area contributed by atoms with Gasteiger partial charge in [0.15, 0.2) is 5.78 Å². The molecule has 5 atom stereocenters. The van der Waals surface area contributed by atoms with E-state index < -0.39 is 12.0 Å². The molecule has 1 saturated heterocycles. The van der Waals surface area contributed by atoms with Gasteiger partial charge in [-0.25, -0.2) is 0 Å². The summed E-state index contributed by atoms with van der Waals surface area (Å²) in [6, 6.07) is -0.921. The lowest BCUT2D eigenvalue weighted by Gasteiger charge is -2.19. The Morgan fingerprint density at radius 3 is 2.88 bits per heavy atom. The first-order chi connectivity index (χ1) is 11.8. The van der Waals surface area contributed by atoms with Crippen LogP contribution in [0.3, 0.4) is 0 Å². The molecule has 0 aromatic carbocycles. The summed E-state index contributed by atoms with van der Waals surface area (Å²) in [6.45, 7) is 3.59. The van der Waals surface area contributed by atoms with E-state index in [4.69, 9.17) is 15.6 Å². The molecule has 1 heterocycles. The number of hydrogen-bond acceptors (Lipinski definition) is 6. The fourth-order valence-electron chi connectivity index (χ4n) is 3.29. The maximum Gasteiger partial charge on any atom is 0.321 e. The van der Waals surface area contributed by atoms with Gasteiger partial charge in [-0.2, -0.15) is 11.8 Å². The molecular weight excluding hydrogens is 342 g/mol. The summed E-state index contributed by atoms with van der Waals surface area (Å²) >= 11 is 1.38. The van der Waals surface area contributed by atoms with Crippen molar-refractivity contribution in [3.63, 3.8) is 0 Å². The number of ether oxygens (including phenoxy) is 1. The summed E-state index contributed by atoms with van der Waals surface area (Å²) in [6.07, 6.45) is 6.84. The number of thioether (sulfide) groups is 1. The molecule has 1 aliphatic heterocycles. The number of carbonyl (C=O) groups is 3. The van der Waals surface area contributed by atoms with Crippen LogP contribution in [0.4, 0.5) is 0 Å². The molecule has 0 radical (unpaired) electrons. The molecule has 6 nitrogen and oxygen atoms in total. The molecule has 0 aromatic heterocycles. The molecule has 0 saturated carbocycles. The highest BCUT2D eigenvalue weighted by molar-refractivity contribution is 7.99. The SMILES string of the molecule is CC(=O)/C=C/C1=CC[C@@H]2C(CSC[C@H](N)C(=O)O)C(=O)O[C@@H]2CC1C. The van der Waals surface area contributed by atoms with E-state index in [0.717, 1.165) is 12.0 Å². The van der Waals surface area contributed by atoms with Gasteiger partial charge in [-0.05, 0) is 37.3 Å². The minimum atomic E-state index is -1.03.